The first-order chi connectivity index (χ1) is 7.12. The van der Waals surface area contributed by atoms with E-state index >= 15 is 0 Å². The van der Waals surface area contributed by atoms with Crippen LogP contribution in [-0.2, 0) is 0 Å². The first-order valence-electron chi connectivity index (χ1n) is 5.56. The molecular weight excluding hydrogens is 229 g/mol. The van der Waals surface area contributed by atoms with Gasteiger partial charge in [0.05, 0.1) is 10.8 Å². The molecule has 0 heterocycles. The molecule has 0 bridgehead atoms. The van der Waals surface area contributed by atoms with E-state index in [0.29, 0.717) is 11.5 Å². The van der Waals surface area contributed by atoms with Crippen molar-refractivity contribution in [2.75, 3.05) is 0 Å². The standard InChI is InChI=1S/C12H15Cl2N/c13-10-2-1-7(4-11(10)14)12-5-8(12)3-9(15)6-12/h1-2,4,8-11H,3,5-6,15H2. The van der Waals surface area contributed by atoms with Crippen LogP contribution in [0.15, 0.2) is 23.8 Å². The van der Waals surface area contributed by atoms with Crippen LogP contribution in [0, 0.1) is 11.3 Å². The van der Waals surface area contributed by atoms with Gasteiger partial charge in [0.25, 0.3) is 0 Å². The van der Waals surface area contributed by atoms with Crippen molar-refractivity contribution in [2.45, 2.75) is 36.1 Å². The molecule has 0 radical (unpaired) electrons. The van der Waals surface area contributed by atoms with Crippen LogP contribution >= 0.6 is 23.2 Å². The van der Waals surface area contributed by atoms with Gasteiger partial charge in [0.15, 0.2) is 0 Å². The number of nitrogens with two attached hydrogens (primary N) is 1. The van der Waals surface area contributed by atoms with Gasteiger partial charge in [0, 0.05) is 6.04 Å². The second kappa shape index (κ2) is 3.26. The Morgan fingerprint density at radius 2 is 2.07 bits per heavy atom. The van der Waals surface area contributed by atoms with E-state index < -0.39 is 0 Å². The van der Waals surface area contributed by atoms with Crippen molar-refractivity contribution in [2.24, 2.45) is 17.1 Å². The van der Waals surface area contributed by atoms with Gasteiger partial charge in [-0.15, -0.1) is 23.2 Å². The lowest BCUT2D eigenvalue weighted by Gasteiger charge is -2.22. The summed E-state index contributed by atoms with van der Waals surface area (Å²) in [4.78, 5) is 0. The van der Waals surface area contributed by atoms with Crippen molar-refractivity contribution in [3.8, 4) is 0 Å². The Balaban J connectivity index is 1.85. The smallest absolute Gasteiger partial charge is 0.0721 e. The third kappa shape index (κ3) is 1.48. The molecule has 0 amide bonds. The summed E-state index contributed by atoms with van der Waals surface area (Å²) >= 11 is 12.2. The highest BCUT2D eigenvalue weighted by atomic mass is 35.5. The van der Waals surface area contributed by atoms with Gasteiger partial charge in [-0.3, -0.25) is 0 Å². The summed E-state index contributed by atoms with van der Waals surface area (Å²) in [6.45, 7) is 0. The normalized spacial score (nSPS) is 52.6. The van der Waals surface area contributed by atoms with Gasteiger partial charge in [-0.2, -0.15) is 0 Å². The number of fused-ring (bicyclic) bond motifs is 1. The maximum absolute atomic E-state index is 6.17. The SMILES string of the molecule is NC1CC2CC2(C2=CC(Cl)C(Cl)C=C2)C1. The maximum atomic E-state index is 6.17. The van der Waals surface area contributed by atoms with Gasteiger partial charge in [-0.05, 0) is 36.2 Å². The fourth-order valence-electron chi connectivity index (χ4n) is 3.28. The molecule has 0 spiro atoms. The van der Waals surface area contributed by atoms with E-state index in [0.717, 1.165) is 12.3 Å². The second-order valence-electron chi connectivity index (χ2n) is 5.13. The minimum atomic E-state index is -0.0564. The molecule has 5 unspecified atom stereocenters. The van der Waals surface area contributed by atoms with Crippen LogP contribution in [-0.4, -0.2) is 16.8 Å². The zero-order chi connectivity index (χ0) is 10.6. The van der Waals surface area contributed by atoms with Gasteiger partial charge in [0.1, 0.15) is 0 Å². The maximum Gasteiger partial charge on any atom is 0.0721 e. The summed E-state index contributed by atoms with van der Waals surface area (Å²) in [7, 11) is 0. The number of allylic oxidation sites excluding steroid dienone is 4. The molecule has 2 saturated carbocycles. The van der Waals surface area contributed by atoms with E-state index in [2.05, 4.69) is 12.2 Å². The van der Waals surface area contributed by atoms with Crippen molar-refractivity contribution in [3.63, 3.8) is 0 Å². The minimum absolute atomic E-state index is 0.0564. The fraction of sp³-hybridized carbons (Fsp3) is 0.667. The predicted molar refractivity (Wildman–Crippen MR) is 64.3 cm³/mol. The molecule has 3 aliphatic rings. The molecule has 0 saturated heterocycles. The van der Waals surface area contributed by atoms with Gasteiger partial charge >= 0.3 is 0 Å². The molecule has 3 rings (SSSR count). The quantitative estimate of drug-likeness (QED) is 0.705. The lowest BCUT2D eigenvalue weighted by atomic mass is 9.88. The number of halogens is 2. The third-order valence-electron chi connectivity index (χ3n) is 4.12. The third-order valence-corrected chi connectivity index (χ3v) is 5.07. The number of hydrogen-bond donors (Lipinski definition) is 1. The van der Waals surface area contributed by atoms with Crippen LogP contribution in [0.1, 0.15) is 19.3 Å². The Kier molecular flexibility index (Phi) is 2.21. The zero-order valence-electron chi connectivity index (χ0n) is 8.50. The second-order valence-corrected chi connectivity index (χ2v) is 6.13. The Hall–Kier alpha value is 0.0200. The van der Waals surface area contributed by atoms with Crippen molar-refractivity contribution < 1.29 is 0 Å². The van der Waals surface area contributed by atoms with Crippen molar-refractivity contribution in [3.05, 3.63) is 23.8 Å². The summed E-state index contributed by atoms with van der Waals surface area (Å²) in [5.41, 5.74) is 7.76. The molecule has 0 aromatic rings. The van der Waals surface area contributed by atoms with Crippen LogP contribution < -0.4 is 5.73 Å². The Bertz CT molecular complexity index is 350. The van der Waals surface area contributed by atoms with Crippen LogP contribution in [0.5, 0.6) is 0 Å². The number of alkyl halides is 2. The zero-order valence-corrected chi connectivity index (χ0v) is 10.0. The molecule has 0 aromatic carbocycles. The highest BCUT2D eigenvalue weighted by Crippen LogP contribution is 2.67. The van der Waals surface area contributed by atoms with Crippen LogP contribution in [0.3, 0.4) is 0 Å². The molecule has 2 fully saturated rings. The van der Waals surface area contributed by atoms with Gasteiger partial charge in [-0.25, -0.2) is 0 Å². The van der Waals surface area contributed by atoms with Crippen LogP contribution in [0.4, 0.5) is 0 Å². The van der Waals surface area contributed by atoms with Crippen molar-refractivity contribution in [1.82, 2.24) is 0 Å². The topological polar surface area (TPSA) is 26.0 Å². The molecule has 5 atom stereocenters. The Labute approximate surface area is 100 Å². The Morgan fingerprint density at radius 3 is 2.67 bits per heavy atom. The predicted octanol–water partition coefficient (Wildman–Crippen LogP) is 2.82. The fourth-order valence-corrected chi connectivity index (χ4v) is 3.65. The molecule has 82 valence electrons. The van der Waals surface area contributed by atoms with E-state index in [1.165, 1.54) is 18.4 Å². The lowest BCUT2D eigenvalue weighted by molar-refractivity contribution is 0.543. The largest absolute Gasteiger partial charge is 0.328 e. The first-order valence-corrected chi connectivity index (χ1v) is 6.43. The van der Waals surface area contributed by atoms with E-state index in [-0.39, 0.29) is 10.8 Å². The highest BCUT2D eigenvalue weighted by Gasteiger charge is 2.60. The summed E-state index contributed by atoms with van der Waals surface area (Å²) in [6, 6.07) is 0.389. The van der Waals surface area contributed by atoms with Gasteiger partial charge in [-0.1, -0.05) is 18.2 Å². The summed E-state index contributed by atoms with van der Waals surface area (Å²) < 4.78 is 0. The average molecular weight is 244 g/mol. The highest BCUT2D eigenvalue weighted by molar-refractivity contribution is 6.31. The summed E-state index contributed by atoms with van der Waals surface area (Å²) in [6.07, 6.45) is 9.93. The summed E-state index contributed by atoms with van der Waals surface area (Å²) in [5, 5.41) is -0.113. The van der Waals surface area contributed by atoms with Crippen LogP contribution in [0.25, 0.3) is 0 Å². The van der Waals surface area contributed by atoms with Crippen molar-refractivity contribution >= 4 is 23.2 Å². The molecule has 15 heavy (non-hydrogen) atoms. The van der Waals surface area contributed by atoms with Gasteiger partial charge < -0.3 is 5.73 Å². The Morgan fingerprint density at radius 1 is 1.27 bits per heavy atom. The molecule has 2 N–H and O–H groups in total. The molecule has 3 aliphatic carbocycles. The van der Waals surface area contributed by atoms with Crippen molar-refractivity contribution in [1.29, 1.82) is 0 Å². The van der Waals surface area contributed by atoms with E-state index in [1.54, 1.807) is 0 Å². The van der Waals surface area contributed by atoms with Crippen LogP contribution in [0.2, 0.25) is 0 Å². The number of hydrogen-bond acceptors (Lipinski definition) is 1. The molecule has 1 nitrogen and oxygen atoms in total. The van der Waals surface area contributed by atoms with E-state index in [9.17, 15) is 0 Å². The van der Waals surface area contributed by atoms with Gasteiger partial charge in [0.2, 0.25) is 0 Å². The molecule has 3 heteroatoms. The number of rotatable bonds is 1. The monoisotopic (exact) mass is 243 g/mol. The molecular formula is C12H15Cl2N. The first kappa shape index (κ1) is 10.2. The van der Waals surface area contributed by atoms with E-state index in [1.807, 2.05) is 6.08 Å². The summed E-state index contributed by atoms with van der Waals surface area (Å²) in [5.74, 6) is 0.805. The lowest BCUT2D eigenvalue weighted by Crippen LogP contribution is -2.21. The molecule has 0 aliphatic heterocycles. The van der Waals surface area contributed by atoms with E-state index in [4.69, 9.17) is 28.9 Å². The average Bonchev–Trinajstić information content (AvgIpc) is 2.75. The molecule has 0 aromatic heterocycles. The minimum Gasteiger partial charge on any atom is -0.328 e.